The van der Waals surface area contributed by atoms with Crippen LogP contribution in [0.1, 0.15) is 5.56 Å². The number of nitro groups is 1. The van der Waals surface area contributed by atoms with Crippen molar-refractivity contribution >= 4 is 11.4 Å². The van der Waals surface area contributed by atoms with Gasteiger partial charge < -0.3 is 15.5 Å². The second kappa shape index (κ2) is 5.61. The van der Waals surface area contributed by atoms with Crippen LogP contribution in [-0.2, 0) is 6.54 Å². The third-order valence-electron chi connectivity index (χ3n) is 2.79. The highest BCUT2D eigenvalue weighted by molar-refractivity contribution is 5.63. The Labute approximate surface area is 117 Å². The standard InChI is InChI=1S/C13H10F2N2O4/c14-9-3-4-10(17(20)21)13(12(9)15)16-6-7-1-2-8(18)5-11(7)19/h1-5,16,18-19H,6H2. The third-order valence-corrected chi connectivity index (χ3v) is 2.79. The Morgan fingerprint density at radius 1 is 1.19 bits per heavy atom. The molecule has 0 fully saturated rings. The number of anilines is 1. The van der Waals surface area contributed by atoms with Crippen LogP contribution in [0.4, 0.5) is 20.2 Å². The van der Waals surface area contributed by atoms with E-state index >= 15 is 0 Å². The molecule has 2 aromatic rings. The Balaban J connectivity index is 2.31. The van der Waals surface area contributed by atoms with Gasteiger partial charge in [0.05, 0.1) is 4.92 Å². The highest BCUT2D eigenvalue weighted by Gasteiger charge is 2.21. The summed E-state index contributed by atoms with van der Waals surface area (Å²) in [6.45, 7) is -0.187. The molecule has 0 aromatic heterocycles. The van der Waals surface area contributed by atoms with Crippen LogP contribution in [0, 0.1) is 21.7 Å². The van der Waals surface area contributed by atoms with Crippen molar-refractivity contribution in [2.24, 2.45) is 0 Å². The monoisotopic (exact) mass is 296 g/mol. The summed E-state index contributed by atoms with van der Waals surface area (Å²) in [6.07, 6.45) is 0. The highest BCUT2D eigenvalue weighted by atomic mass is 19.2. The van der Waals surface area contributed by atoms with Crippen molar-refractivity contribution in [1.29, 1.82) is 0 Å². The molecule has 0 heterocycles. The number of halogens is 2. The van der Waals surface area contributed by atoms with E-state index in [0.29, 0.717) is 6.07 Å². The Kier molecular flexibility index (Phi) is 3.88. The molecular formula is C13H10F2N2O4. The zero-order chi connectivity index (χ0) is 15.6. The van der Waals surface area contributed by atoms with Crippen molar-refractivity contribution in [3.63, 3.8) is 0 Å². The van der Waals surface area contributed by atoms with Gasteiger partial charge in [-0.1, -0.05) is 0 Å². The van der Waals surface area contributed by atoms with E-state index in [1.54, 1.807) is 0 Å². The fourth-order valence-corrected chi connectivity index (χ4v) is 1.75. The van der Waals surface area contributed by atoms with Crippen LogP contribution in [0.3, 0.4) is 0 Å². The molecular weight excluding hydrogens is 286 g/mol. The number of rotatable bonds is 4. The lowest BCUT2D eigenvalue weighted by molar-refractivity contribution is -0.384. The largest absolute Gasteiger partial charge is 0.508 e. The SMILES string of the molecule is O=[N+]([O-])c1ccc(F)c(F)c1NCc1ccc(O)cc1O. The lowest BCUT2D eigenvalue weighted by Gasteiger charge is -2.10. The number of phenolic OH excluding ortho intramolecular Hbond substituents is 2. The van der Waals surface area contributed by atoms with Gasteiger partial charge in [-0.3, -0.25) is 10.1 Å². The Bertz CT molecular complexity index is 707. The maximum Gasteiger partial charge on any atom is 0.295 e. The van der Waals surface area contributed by atoms with Crippen molar-refractivity contribution in [2.45, 2.75) is 6.54 Å². The summed E-state index contributed by atoms with van der Waals surface area (Å²) >= 11 is 0. The number of phenols is 2. The molecule has 0 radical (unpaired) electrons. The van der Waals surface area contributed by atoms with Crippen LogP contribution in [0.5, 0.6) is 11.5 Å². The van der Waals surface area contributed by atoms with Gasteiger partial charge in [-0.25, -0.2) is 8.78 Å². The fraction of sp³-hybridized carbons (Fsp3) is 0.0769. The molecule has 0 amide bonds. The Morgan fingerprint density at radius 2 is 1.90 bits per heavy atom. The van der Waals surface area contributed by atoms with Gasteiger partial charge in [-0.2, -0.15) is 0 Å². The second-order valence-corrected chi connectivity index (χ2v) is 4.18. The van der Waals surface area contributed by atoms with Gasteiger partial charge >= 0.3 is 0 Å². The molecule has 8 heteroatoms. The van der Waals surface area contributed by atoms with E-state index in [0.717, 1.165) is 12.1 Å². The molecule has 0 bridgehead atoms. The van der Waals surface area contributed by atoms with Crippen molar-refractivity contribution < 1.29 is 23.9 Å². The molecule has 6 nitrogen and oxygen atoms in total. The van der Waals surface area contributed by atoms with Crippen molar-refractivity contribution in [1.82, 2.24) is 0 Å². The third kappa shape index (κ3) is 2.99. The predicted molar refractivity (Wildman–Crippen MR) is 70.1 cm³/mol. The first-order valence-electron chi connectivity index (χ1n) is 5.77. The van der Waals surface area contributed by atoms with E-state index in [1.165, 1.54) is 12.1 Å². The molecule has 0 aliphatic heterocycles. The smallest absolute Gasteiger partial charge is 0.295 e. The van der Waals surface area contributed by atoms with E-state index in [-0.39, 0.29) is 23.6 Å². The number of benzene rings is 2. The number of nitro benzene ring substituents is 1. The topological polar surface area (TPSA) is 95.6 Å². The Hall–Kier alpha value is -2.90. The number of nitrogens with zero attached hydrogens (tertiary/aromatic N) is 1. The second-order valence-electron chi connectivity index (χ2n) is 4.18. The first kappa shape index (κ1) is 14.5. The zero-order valence-electron chi connectivity index (χ0n) is 10.5. The van der Waals surface area contributed by atoms with Crippen LogP contribution in [0.25, 0.3) is 0 Å². The minimum absolute atomic E-state index is 0.167. The molecule has 0 saturated heterocycles. The summed E-state index contributed by atoms with van der Waals surface area (Å²) in [4.78, 5) is 9.96. The van der Waals surface area contributed by atoms with E-state index < -0.39 is 27.9 Å². The summed E-state index contributed by atoms with van der Waals surface area (Å²) in [5, 5.41) is 31.9. The van der Waals surface area contributed by atoms with Crippen molar-refractivity contribution in [2.75, 3.05) is 5.32 Å². The van der Waals surface area contributed by atoms with E-state index in [4.69, 9.17) is 5.11 Å². The van der Waals surface area contributed by atoms with E-state index in [9.17, 15) is 24.0 Å². The maximum absolute atomic E-state index is 13.6. The first-order chi connectivity index (χ1) is 9.90. The molecule has 0 atom stereocenters. The quantitative estimate of drug-likeness (QED) is 0.595. The molecule has 2 aromatic carbocycles. The minimum atomic E-state index is -1.37. The molecule has 0 aliphatic carbocycles. The lowest BCUT2D eigenvalue weighted by Crippen LogP contribution is -2.06. The Morgan fingerprint density at radius 3 is 2.52 bits per heavy atom. The fourth-order valence-electron chi connectivity index (χ4n) is 1.75. The summed E-state index contributed by atoms with van der Waals surface area (Å²) in [5.74, 6) is -3.04. The van der Waals surface area contributed by atoms with Gasteiger partial charge in [0.1, 0.15) is 11.5 Å². The van der Waals surface area contributed by atoms with Crippen LogP contribution in [-0.4, -0.2) is 15.1 Å². The van der Waals surface area contributed by atoms with Gasteiger partial charge in [-0.05, 0) is 18.2 Å². The molecule has 110 valence electrons. The zero-order valence-corrected chi connectivity index (χ0v) is 10.5. The summed E-state index contributed by atoms with van der Waals surface area (Å²) < 4.78 is 26.8. The van der Waals surface area contributed by atoms with Gasteiger partial charge in [-0.15, -0.1) is 0 Å². The van der Waals surface area contributed by atoms with Crippen LogP contribution >= 0.6 is 0 Å². The van der Waals surface area contributed by atoms with Crippen LogP contribution in [0.15, 0.2) is 30.3 Å². The predicted octanol–water partition coefficient (Wildman–Crippen LogP) is 2.90. The molecule has 21 heavy (non-hydrogen) atoms. The summed E-state index contributed by atoms with van der Waals surface area (Å²) in [6, 6.07) is 5.20. The van der Waals surface area contributed by atoms with E-state index in [2.05, 4.69) is 5.32 Å². The maximum atomic E-state index is 13.6. The number of hydrogen-bond acceptors (Lipinski definition) is 5. The van der Waals surface area contributed by atoms with Crippen molar-refractivity contribution in [3.8, 4) is 11.5 Å². The summed E-state index contributed by atoms with van der Waals surface area (Å²) in [5.41, 5.74) is -0.967. The van der Waals surface area contributed by atoms with Crippen LogP contribution in [0.2, 0.25) is 0 Å². The van der Waals surface area contributed by atoms with Gasteiger partial charge in [0.25, 0.3) is 5.69 Å². The van der Waals surface area contributed by atoms with Crippen molar-refractivity contribution in [3.05, 3.63) is 57.6 Å². The minimum Gasteiger partial charge on any atom is -0.508 e. The average Bonchev–Trinajstić information content (AvgIpc) is 2.41. The van der Waals surface area contributed by atoms with E-state index in [1.807, 2.05) is 0 Å². The first-order valence-corrected chi connectivity index (χ1v) is 5.77. The normalized spacial score (nSPS) is 10.4. The van der Waals surface area contributed by atoms with Gasteiger partial charge in [0, 0.05) is 24.2 Å². The number of nitrogens with one attached hydrogen (secondary N) is 1. The number of hydrogen-bond donors (Lipinski definition) is 3. The van der Waals surface area contributed by atoms with Crippen LogP contribution < -0.4 is 5.32 Å². The molecule has 0 spiro atoms. The molecule has 3 N–H and O–H groups in total. The molecule has 0 unspecified atom stereocenters. The molecule has 0 saturated carbocycles. The van der Waals surface area contributed by atoms with Gasteiger partial charge in [0.2, 0.25) is 0 Å². The average molecular weight is 296 g/mol. The van der Waals surface area contributed by atoms with Gasteiger partial charge in [0.15, 0.2) is 17.3 Å². The number of aromatic hydroxyl groups is 2. The molecule has 0 aliphatic rings. The lowest BCUT2D eigenvalue weighted by atomic mass is 10.1. The summed E-state index contributed by atoms with van der Waals surface area (Å²) in [7, 11) is 0. The highest BCUT2D eigenvalue weighted by Crippen LogP contribution is 2.30. The molecule has 2 rings (SSSR count).